The zero-order valence-corrected chi connectivity index (χ0v) is 12.6. The van der Waals surface area contributed by atoms with Gasteiger partial charge >= 0.3 is 0 Å². The van der Waals surface area contributed by atoms with Crippen LogP contribution in [-0.4, -0.2) is 0 Å². The maximum Gasteiger partial charge on any atom is 0.129 e. The maximum atomic E-state index is 13.7. The third-order valence-corrected chi connectivity index (χ3v) is 3.80. The third-order valence-electron chi connectivity index (χ3n) is 3.80. The van der Waals surface area contributed by atoms with E-state index in [1.165, 1.54) is 11.6 Å². The van der Waals surface area contributed by atoms with Crippen molar-refractivity contribution in [1.82, 2.24) is 0 Å². The number of benzene rings is 2. The van der Waals surface area contributed by atoms with Crippen molar-refractivity contribution in [1.29, 1.82) is 0 Å². The molecule has 21 heavy (non-hydrogen) atoms. The molecule has 0 radical (unpaired) electrons. The van der Waals surface area contributed by atoms with Crippen LogP contribution in [0.3, 0.4) is 0 Å². The Balaban J connectivity index is 2.03. The van der Waals surface area contributed by atoms with Crippen LogP contribution in [0.15, 0.2) is 42.5 Å². The average Bonchev–Trinajstić information content (AvgIpc) is 2.54. The molecule has 112 valence electrons. The standard InChI is InChI=1S/C18H22FNO/c1-3-13(2)15-5-7-17(8-6-15)21-12-16-10-14(11-20)4-9-18(16)19/h4-10,13H,3,11-12,20H2,1-2H3. The number of ether oxygens (including phenoxy) is 1. The summed E-state index contributed by atoms with van der Waals surface area (Å²) < 4.78 is 19.4. The van der Waals surface area contributed by atoms with Crippen molar-refractivity contribution >= 4 is 0 Å². The van der Waals surface area contributed by atoms with Gasteiger partial charge in [-0.25, -0.2) is 4.39 Å². The van der Waals surface area contributed by atoms with E-state index in [1.54, 1.807) is 12.1 Å². The molecule has 0 heterocycles. The second kappa shape index (κ2) is 7.23. The van der Waals surface area contributed by atoms with Gasteiger partial charge in [-0.3, -0.25) is 0 Å². The molecule has 0 aliphatic carbocycles. The Kier molecular flexibility index (Phi) is 5.34. The van der Waals surface area contributed by atoms with E-state index in [1.807, 2.05) is 12.1 Å². The molecule has 0 fully saturated rings. The molecule has 1 unspecified atom stereocenters. The highest BCUT2D eigenvalue weighted by molar-refractivity contribution is 5.30. The molecular weight excluding hydrogens is 265 g/mol. The Labute approximate surface area is 125 Å². The van der Waals surface area contributed by atoms with Crippen molar-refractivity contribution in [3.63, 3.8) is 0 Å². The first-order valence-corrected chi connectivity index (χ1v) is 7.34. The number of hydrogen-bond acceptors (Lipinski definition) is 2. The molecule has 2 aromatic rings. The zero-order chi connectivity index (χ0) is 15.2. The summed E-state index contributed by atoms with van der Waals surface area (Å²) in [7, 11) is 0. The average molecular weight is 287 g/mol. The van der Waals surface area contributed by atoms with Crippen LogP contribution in [0, 0.1) is 5.82 Å². The van der Waals surface area contributed by atoms with E-state index in [4.69, 9.17) is 10.5 Å². The molecule has 2 nitrogen and oxygen atoms in total. The van der Waals surface area contributed by atoms with E-state index in [0.29, 0.717) is 18.0 Å². The summed E-state index contributed by atoms with van der Waals surface area (Å²) in [5.41, 5.74) is 8.30. The van der Waals surface area contributed by atoms with Crippen LogP contribution in [0.25, 0.3) is 0 Å². The molecular formula is C18H22FNO. The van der Waals surface area contributed by atoms with Gasteiger partial charge in [-0.1, -0.05) is 32.0 Å². The monoisotopic (exact) mass is 287 g/mol. The summed E-state index contributed by atoms with van der Waals surface area (Å²) in [6, 6.07) is 12.9. The number of rotatable bonds is 6. The van der Waals surface area contributed by atoms with Gasteiger partial charge in [0.15, 0.2) is 0 Å². The lowest BCUT2D eigenvalue weighted by molar-refractivity contribution is 0.299. The molecule has 2 rings (SSSR count). The number of nitrogens with two attached hydrogens (primary N) is 1. The highest BCUT2D eigenvalue weighted by atomic mass is 19.1. The van der Waals surface area contributed by atoms with Gasteiger partial charge in [-0.05, 0) is 47.7 Å². The van der Waals surface area contributed by atoms with Crippen molar-refractivity contribution in [3.05, 3.63) is 65.0 Å². The lowest BCUT2D eigenvalue weighted by Gasteiger charge is -2.11. The molecule has 0 bridgehead atoms. The van der Waals surface area contributed by atoms with Crippen LogP contribution < -0.4 is 10.5 Å². The minimum Gasteiger partial charge on any atom is -0.489 e. The Bertz CT molecular complexity index is 580. The minimum absolute atomic E-state index is 0.211. The van der Waals surface area contributed by atoms with Crippen LogP contribution in [0.5, 0.6) is 5.75 Å². The van der Waals surface area contributed by atoms with E-state index in [-0.39, 0.29) is 12.4 Å². The van der Waals surface area contributed by atoms with E-state index in [0.717, 1.165) is 17.7 Å². The predicted octanol–water partition coefficient (Wildman–Crippen LogP) is 4.38. The van der Waals surface area contributed by atoms with Crippen molar-refractivity contribution in [2.45, 2.75) is 39.3 Å². The molecule has 0 saturated heterocycles. The molecule has 0 aromatic heterocycles. The van der Waals surface area contributed by atoms with E-state index in [2.05, 4.69) is 26.0 Å². The van der Waals surface area contributed by atoms with Gasteiger partial charge in [0.25, 0.3) is 0 Å². The van der Waals surface area contributed by atoms with Gasteiger partial charge in [0.05, 0.1) is 0 Å². The molecule has 0 aliphatic heterocycles. The van der Waals surface area contributed by atoms with Crippen LogP contribution in [0.2, 0.25) is 0 Å². The van der Waals surface area contributed by atoms with Gasteiger partial charge in [-0.2, -0.15) is 0 Å². The maximum absolute atomic E-state index is 13.7. The summed E-state index contributed by atoms with van der Waals surface area (Å²) in [6.07, 6.45) is 1.11. The molecule has 0 saturated carbocycles. The Morgan fingerprint density at radius 1 is 1.14 bits per heavy atom. The smallest absolute Gasteiger partial charge is 0.129 e. The van der Waals surface area contributed by atoms with Crippen LogP contribution >= 0.6 is 0 Å². The zero-order valence-electron chi connectivity index (χ0n) is 12.6. The highest BCUT2D eigenvalue weighted by Gasteiger charge is 2.06. The van der Waals surface area contributed by atoms with Crippen molar-refractivity contribution in [2.75, 3.05) is 0 Å². The van der Waals surface area contributed by atoms with Gasteiger partial charge in [-0.15, -0.1) is 0 Å². The normalized spacial score (nSPS) is 12.2. The molecule has 1 atom stereocenters. The predicted molar refractivity (Wildman–Crippen MR) is 83.8 cm³/mol. The summed E-state index contributed by atoms with van der Waals surface area (Å²) in [5, 5.41) is 0. The lowest BCUT2D eigenvalue weighted by Crippen LogP contribution is -2.02. The summed E-state index contributed by atoms with van der Waals surface area (Å²) in [5.74, 6) is 1.03. The SMILES string of the molecule is CCC(C)c1ccc(OCc2cc(CN)ccc2F)cc1. The van der Waals surface area contributed by atoms with Crippen molar-refractivity contribution in [2.24, 2.45) is 5.73 Å². The van der Waals surface area contributed by atoms with E-state index < -0.39 is 0 Å². The molecule has 2 N–H and O–H groups in total. The number of hydrogen-bond donors (Lipinski definition) is 1. The minimum atomic E-state index is -0.261. The third kappa shape index (κ3) is 4.05. The van der Waals surface area contributed by atoms with Gasteiger partial charge in [0, 0.05) is 12.1 Å². The molecule has 2 aromatic carbocycles. The Hall–Kier alpha value is -1.87. The molecule has 0 amide bonds. The van der Waals surface area contributed by atoms with Gasteiger partial charge in [0.1, 0.15) is 18.2 Å². The van der Waals surface area contributed by atoms with Crippen molar-refractivity contribution in [3.8, 4) is 5.75 Å². The Morgan fingerprint density at radius 3 is 2.48 bits per heavy atom. The molecule has 3 heteroatoms. The molecule has 0 spiro atoms. The summed E-state index contributed by atoms with van der Waals surface area (Å²) in [4.78, 5) is 0. The largest absolute Gasteiger partial charge is 0.489 e. The summed E-state index contributed by atoms with van der Waals surface area (Å²) >= 11 is 0. The molecule has 0 aliphatic rings. The summed E-state index contributed by atoms with van der Waals surface area (Å²) in [6.45, 7) is 4.98. The second-order valence-electron chi connectivity index (χ2n) is 5.30. The fraction of sp³-hybridized carbons (Fsp3) is 0.333. The second-order valence-corrected chi connectivity index (χ2v) is 5.30. The topological polar surface area (TPSA) is 35.2 Å². The quantitative estimate of drug-likeness (QED) is 0.856. The fourth-order valence-corrected chi connectivity index (χ4v) is 2.16. The first-order valence-electron chi connectivity index (χ1n) is 7.34. The van der Waals surface area contributed by atoms with Crippen LogP contribution in [-0.2, 0) is 13.2 Å². The number of halogens is 1. The van der Waals surface area contributed by atoms with E-state index >= 15 is 0 Å². The van der Waals surface area contributed by atoms with Crippen molar-refractivity contribution < 1.29 is 9.13 Å². The fourth-order valence-electron chi connectivity index (χ4n) is 2.16. The highest BCUT2D eigenvalue weighted by Crippen LogP contribution is 2.22. The lowest BCUT2D eigenvalue weighted by atomic mass is 9.99. The van der Waals surface area contributed by atoms with E-state index in [9.17, 15) is 4.39 Å². The van der Waals surface area contributed by atoms with Gasteiger partial charge in [0.2, 0.25) is 0 Å². The Morgan fingerprint density at radius 2 is 1.86 bits per heavy atom. The van der Waals surface area contributed by atoms with Crippen LogP contribution in [0.1, 0.15) is 42.9 Å². The first kappa shape index (κ1) is 15.5. The first-order chi connectivity index (χ1) is 10.1. The van der Waals surface area contributed by atoms with Crippen LogP contribution in [0.4, 0.5) is 4.39 Å². The van der Waals surface area contributed by atoms with Gasteiger partial charge < -0.3 is 10.5 Å².